The van der Waals surface area contributed by atoms with Gasteiger partial charge >= 0.3 is 0 Å². The first-order chi connectivity index (χ1) is 16.1. The molecule has 2 aromatic carbocycles. The van der Waals surface area contributed by atoms with Gasteiger partial charge in [-0.3, -0.25) is 0 Å². The summed E-state index contributed by atoms with van der Waals surface area (Å²) in [6, 6.07) is 10.1. The van der Waals surface area contributed by atoms with Crippen LogP contribution in [-0.4, -0.2) is 0 Å². The second kappa shape index (κ2) is 9.57. The Morgan fingerprint density at radius 1 is 0.324 bits per heavy atom. The van der Waals surface area contributed by atoms with Gasteiger partial charge in [0.25, 0.3) is 0 Å². The summed E-state index contributed by atoms with van der Waals surface area (Å²) >= 11 is 0. The van der Waals surface area contributed by atoms with Crippen molar-refractivity contribution in [2.45, 2.75) is 164 Å². The van der Waals surface area contributed by atoms with Gasteiger partial charge in [-0.1, -0.05) is 149 Å². The summed E-state index contributed by atoms with van der Waals surface area (Å²) < 4.78 is 0. The van der Waals surface area contributed by atoms with Gasteiger partial charge in [-0.15, -0.1) is 0 Å². The molecule has 0 amide bonds. The molecule has 0 saturated heterocycles. The van der Waals surface area contributed by atoms with E-state index in [2.05, 4.69) is 149 Å². The van der Waals surface area contributed by atoms with Crippen LogP contribution in [0.1, 0.15) is 169 Å². The summed E-state index contributed by atoms with van der Waals surface area (Å²) in [6.45, 7) is 42.8. The van der Waals surface area contributed by atoms with Crippen molar-refractivity contribution in [3.8, 4) is 0 Å². The first-order valence-electron chi connectivity index (χ1n) is 14.5. The van der Waals surface area contributed by atoms with E-state index in [9.17, 15) is 0 Å². The van der Waals surface area contributed by atoms with Crippen LogP contribution < -0.4 is 0 Å². The maximum absolute atomic E-state index is 2.53. The number of hydrogen-bond donors (Lipinski definition) is 0. The molecule has 37 heavy (non-hydrogen) atoms. The summed E-state index contributed by atoms with van der Waals surface area (Å²) in [6.07, 6.45) is 0.965. The van der Waals surface area contributed by atoms with Crippen molar-refractivity contribution in [3.05, 3.63) is 68.8 Å². The maximum Gasteiger partial charge on any atom is -0.00254 e. The fraction of sp³-hybridized carbons (Fsp3) is 0.676. The second-order valence-corrected chi connectivity index (χ2v) is 17.8. The van der Waals surface area contributed by atoms with Crippen LogP contribution >= 0.6 is 0 Å². The molecule has 0 unspecified atom stereocenters. The molecule has 0 saturated carbocycles. The Morgan fingerprint density at radius 3 is 0.649 bits per heavy atom. The van der Waals surface area contributed by atoms with Gasteiger partial charge in [0.15, 0.2) is 0 Å². The summed E-state index contributed by atoms with van der Waals surface area (Å²) in [5, 5.41) is 0. The Hall–Kier alpha value is -1.56. The quantitative estimate of drug-likeness (QED) is 0.381. The average molecular weight is 505 g/mol. The largest absolute Gasteiger partial charge is 0.0561 e. The topological polar surface area (TPSA) is 0 Å². The Balaban J connectivity index is 2.94. The minimum atomic E-state index is 0.0852. The fourth-order valence-corrected chi connectivity index (χ4v) is 5.83. The molecule has 0 radical (unpaired) electrons. The van der Waals surface area contributed by atoms with Gasteiger partial charge in [-0.05, 0) is 83.4 Å². The highest BCUT2D eigenvalue weighted by Gasteiger charge is 2.34. The molecule has 0 aliphatic carbocycles. The van der Waals surface area contributed by atoms with Crippen LogP contribution in [0.25, 0.3) is 0 Å². The normalized spacial score (nSPS) is 14.3. The third-order valence-electron chi connectivity index (χ3n) is 7.54. The lowest BCUT2D eigenvalue weighted by Gasteiger charge is -2.38. The van der Waals surface area contributed by atoms with Crippen LogP contribution in [0.2, 0.25) is 0 Å². The van der Waals surface area contributed by atoms with Crippen LogP contribution in [0.15, 0.2) is 24.3 Å². The predicted octanol–water partition coefficient (Wildman–Crippen LogP) is 11.1. The molecule has 0 spiro atoms. The zero-order valence-electron chi connectivity index (χ0n) is 28.0. The van der Waals surface area contributed by atoms with E-state index in [-0.39, 0.29) is 32.5 Å². The van der Waals surface area contributed by atoms with Crippen molar-refractivity contribution < 1.29 is 0 Å². The molecule has 2 rings (SSSR count). The Labute approximate surface area is 232 Å². The minimum absolute atomic E-state index is 0.0852. The zero-order chi connectivity index (χ0) is 29.2. The molecular weight excluding hydrogens is 444 g/mol. The first kappa shape index (κ1) is 31.7. The highest BCUT2D eigenvalue weighted by atomic mass is 14.4. The van der Waals surface area contributed by atoms with Crippen LogP contribution in [-0.2, 0) is 38.9 Å². The lowest BCUT2D eigenvalue weighted by molar-refractivity contribution is 0.495. The molecule has 0 N–H and O–H groups in total. The lowest BCUT2D eigenvalue weighted by atomic mass is 9.67. The lowest BCUT2D eigenvalue weighted by Crippen LogP contribution is -2.29. The molecule has 0 aliphatic heterocycles. The van der Waals surface area contributed by atoms with Crippen molar-refractivity contribution in [1.82, 2.24) is 0 Å². The highest BCUT2D eigenvalue weighted by molar-refractivity contribution is 5.53. The smallest absolute Gasteiger partial charge is 0.00254 e. The van der Waals surface area contributed by atoms with Gasteiger partial charge in [0.2, 0.25) is 0 Å². The molecule has 2 aromatic rings. The van der Waals surface area contributed by atoms with Crippen molar-refractivity contribution in [2.75, 3.05) is 0 Å². The van der Waals surface area contributed by atoms with E-state index in [0.717, 1.165) is 6.42 Å². The van der Waals surface area contributed by atoms with E-state index in [1.54, 1.807) is 0 Å². The molecule has 208 valence electrons. The highest BCUT2D eigenvalue weighted by Crippen LogP contribution is 2.44. The average Bonchev–Trinajstić information content (AvgIpc) is 2.62. The summed E-state index contributed by atoms with van der Waals surface area (Å²) in [7, 11) is 0. The van der Waals surface area contributed by atoms with Crippen molar-refractivity contribution in [2.24, 2.45) is 0 Å². The molecule has 0 nitrogen and oxygen atoms in total. The molecule has 0 aromatic heterocycles. The Morgan fingerprint density at radius 2 is 0.514 bits per heavy atom. The standard InChI is InChI=1S/C37H60/c1-32(2,3)26-20-24(21-27(33(4,5)6)30(26)36(13,14)15)19-25-22-28(34(7,8)9)31(37(16,17)18)29(23-25)35(10,11)12/h20-23H,19H2,1-18H3. The molecule has 0 aliphatic rings. The maximum atomic E-state index is 2.53. The summed E-state index contributed by atoms with van der Waals surface area (Å²) in [5.74, 6) is 0. The van der Waals surface area contributed by atoms with Crippen LogP contribution in [0.5, 0.6) is 0 Å². The monoisotopic (exact) mass is 504 g/mol. The predicted molar refractivity (Wildman–Crippen MR) is 168 cm³/mol. The minimum Gasteiger partial charge on any atom is -0.0561 e. The van der Waals surface area contributed by atoms with E-state index in [1.165, 1.54) is 44.5 Å². The molecule has 0 heteroatoms. The third kappa shape index (κ3) is 7.30. The molecule has 0 heterocycles. The van der Waals surface area contributed by atoms with Crippen molar-refractivity contribution >= 4 is 0 Å². The zero-order valence-corrected chi connectivity index (χ0v) is 28.0. The van der Waals surface area contributed by atoms with E-state index >= 15 is 0 Å². The van der Waals surface area contributed by atoms with Crippen LogP contribution in [0.3, 0.4) is 0 Å². The van der Waals surface area contributed by atoms with Gasteiger partial charge in [0, 0.05) is 0 Å². The number of benzene rings is 2. The summed E-state index contributed by atoms with van der Waals surface area (Å²) in [5.41, 5.74) is 12.5. The Bertz CT molecular complexity index is 950. The van der Waals surface area contributed by atoms with Crippen LogP contribution in [0, 0.1) is 0 Å². The third-order valence-corrected chi connectivity index (χ3v) is 7.54. The van der Waals surface area contributed by atoms with Gasteiger partial charge in [0.1, 0.15) is 0 Å². The van der Waals surface area contributed by atoms with Crippen molar-refractivity contribution in [3.63, 3.8) is 0 Å². The van der Waals surface area contributed by atoms with Crippen LogP contribution in [0.4, 0.5) is 0 Å². The first-order valence-corrected chi connectivity index (χ1v) is 14.5. The molecule has 0 bridgehead atoms. The van der Waals surface area contributed by atoms with E-state index in [4.69, 9.17) is 0 Å². The Kier molecular flexibility index (Phi) is 8.19. The number of hydrogen-bond acceptors (Lipinski definition) is 0. The van der Waals surface area contributed by atoms with Gasteiger partial charge in [-0.25, -0.2) is 0 Å². The van der Waals surface area contributed by atoms with Gasteiger partial charge in [0.05, 0.1) is 0 Å². The van der Waals surface area contributed by atoms with E-state index < -0.39 is 0 Å². The van der Waals surface area contributed by atoms with Gasteiger partial charge < -0.3 is 0 Å². The SMILES string of the molecule is CC(C)(C)c1cc(Cc2cc(C(C)(C)C)c(C(C)(C)C)c(C(C)(C)C)c2)cc(C(C)(C)C)c1C(C)(C)C. The summed E-state index contributed by atoms with van der Waals surface area (Å²) in [4.78, 5) is 0. The van der Waals surface area contributed by atoms with Gasteiger partial charge in [-0.2, -0.15) is 0 Å². The molecular formula is C37H60. The molecule has 0 atom stereocenters. The molecule has 0 fully saturated rings. The van der Waals surface area contributed by atoms with Crippen molar-refractivity contribution in [1.29, 1.82) is 0 Å². The number of rotatable bonds is 2. The van der Waals surface area contributed by atoms with E-state index in [1.807, 2.05) is 0 Å². The second-order valence-electron chi connectivity index (χ2n) is 17.8. The van der Waals surface area contributed by atoms with E-state index in [0.29, 0.717) is 0 Å². The fourth-order valence-electron chi connectivity index (χ4n) is 5.83.